The molecule has 0 amide bonds. The van der Waals surface area contributed by atoms with Crippen LogP contribution in [0.1, 0.15) is 11.4 Å². The lowest BCUT2D eigenvalue weighted by Crippen LogP contribution is -2.05. The lowest BCUT2D eigenvalue weighted by atomic mass is 10.3. The van der Waals surface area contributed by atoms with Gasteiger partial charge in [0.05, 0.1) is 23.8 Å². The van der Waals surface area contributed by atoms with E-state index in [9.17, 15) is 0 Å². The maximum atomic E-state index is 5.89. The van der Waals surface area contributed by atoms with Gasteiger partial charge in [-0.3, -0.25) is 4.68 Å². The number of hydrogen-bond donors (Lipinski definition) is 0. The molecule has 0 spiro atoms. The van der Waals surface area contributed by atoms with Crippen molar-refractivity contribution < 1.29 is 0 Å². The fraction of sp³-hybridized carbons (Fsp3) is 0.286. The highest BCUT2D eigenvalue weighted by Gasteiger charge is 2.11. The minimum atomic E-state index is 0.567. The second kappa shape index (κ2) is 5.58. The number of fused-ring (bicyclic) bond motifs is 1. The van der Waals surface area contributed by atoms with E-state index in [2.05, 4.69) is 36.6 Å². The molecule has 4 nitrogen and oxygen atoms in total. The minimum absolute atomic E-state index is 0.567. The van der Waals surface area contributed by atoms with Crippen LogP contribution >= 0.6 is 27.5 Å². The third-order valence-corrected chi connectivity index (χ3v) is 3.89. The van der Waals surface area contributed by atoms with Crippen molar-refractivity contribution in [1.82, 2.24) is 19.3 Å². The summed E-state index contributed by atoms with van der Waals surface area (Å²) in [6.07, 6.45) is 4.66. The van der Waals surface area contributed by atoms with Gasteiger partial charge in [0, 0.05) is 35.6 Å². The molecular formula is C14H14BrClN4. The van der Waals surface area contributed by atoms with Gasteiger partial charge < -0.3 is 4.57 Å². The zero-order chi connectivity index (χ0) is 14.1. The van der Waals surface area contributed by atoms with Crippen molar-refractivity contribution in [2.45, 2.75) is 13.0 Å². The van der Waals surface area contributed by atoms with Gasteiger partial charge in [-0.15, -0.1) is 11.6 Å². The summed E-state index contributed by atoms with van der Waals surface area (Å²) in [6.45, 7) is 0.757. The zero-order valence-corrected chi connectivity index (χ0v) is 13.4. The van der Waals surface area contributed by atoms with Gasteiger partial charge in [0.25, 0.3) is 0 Å². The average molecular weight is 354 g/mol. The van der Waals surface area contributed by atoms with Crippen LogP contribution in [0.25, 0.3) is 11.0 Å². The van der Waals surface area contributed by atoms with Crippen molar-refractivity contribution in [2.75, 3.05) is 5.88 Å². The number of hydrogen-bond acceptors (Lipinski definition) is 2. The molecule has 3 rings (SSSR count). The van der Waals surface area contributed by atoms with Gasteiger partial charge in [-0.1, -0.05) is 15.9 Å². The number of rotatable bonds is 4. The molecule has 0 atom stereocenters. The fourth-order valence-electron chi connectivity index (χ4n) is 2.33. The largest absolute Gasteiger partial charge is 0.323 e. The smallest absolute Gasteiger partial charge is 0.111 e. The number of benzene rings is 1. The van der Waals surface area contributed by atoms with Crippen LogP contribution in [0.15, 0.2) is 35.1 Å². The fourth-order valence-corrected chi connectivity index (χ4v) is 2.85. The Kier molecular flexibility index (Phi) is 3.81. The molecule has 0 bridgehead atoms. The first-order chi connectivity index (χ1) is 9.67. The first kappa shape index (κ1) is 13.6. The first-order valence-corrected chi connectivity index (χ1v) is 7.68. The summed E-state index contributed by atoms with van der Waals surface area (Å²) in [7, 11) is 1.92. The standard InChI is InChI=1S/C14H14BrClN4/c1-19-8-10(7-17-19)9-20-13-6-11(15)2-3-12(13)18-14(20)4-5-16/h2-3,6-8H,4-5,9H2,1H3. The highest BCUT2D eigenvalue weighted by Crippen LogP contribution is 2.22. The zero-order valence-electron chi connectivity index (χ0n) is 11.1. The summed E-state index contributed by atoms with van der Waals surface area (Å²) in [5, 5.41) is 4.22. The Morgan fingerprint density at radius 2 is 2.20 bits per heavy atom. The maximum absolute atomic E-state index is 5.89. The summed E-state index contributed by atoms with van der Waals surface area (Å²) >= 11 is 9.42. The molecule has 0 radical (unpaired) electrons. The van der Waals surface area contributed by atoms with Crippen LogP contribution in [-0.4, -0.2) is 25.2 Å². The number of imidazole rings is 1. The van der Waals surface area contributed by atoms with Crippen LogP contribution < -0.4 is 0 Å². The van der Waals surface area contributed by atoms with E-state index in [4.69, 9.17) is 11.6 Å². The maximum Gasteiger partial charge on any atom is 0.111 e. The molecule has 6 heteroatoms. The van der Waals surface area contributed by atoms with Gasteiger partial charge in [0.1, 0.15) is 5.82 Å². The van der Waals surface area contributed by atoms with E-state index < -0.39 is 0 Å². The molecule has 0 saturated carbocycles. The molecular weight excluding hydrogens is 340 g/mol. The molecule has 3 aromatic rings. The molecule has 1 aromatic carbocycles. The Morgan fingerprint density at radius 3 is 2.90 bits per heavy atom. The van der Waals surface area contributed by atoms with Crippen molar-refractivity contribution in [3.8, 4) is 0 Å². The SMILES string of the molecule is Cn1cc(Cn2c(CCCl)nc3ccc(Br)cc32)cn1. The molecule has 0 N–H and O–H groups in total. The average Bonchev–Trinajstić information content (AvgIpc) is 2.96. The van der Waals surface area contributed by atoms with Crippen molar-refractivity contribution in [2.24, 2.45) is 7.05 Å². The van der Waals surface area contributed by atoms with E-state index in [-0.39, 0.29) is 0 Å². The summed E-state index contributed by atoms with van der Waals surface area (Å²) in [5.41, 5.74) is 3.27. The Bertz CT molecular complexity index is 747. The van der Waals surface area contributed by atoms with E-state index >= 15 is 0 Å². The molecule has 0 aliphatic heterocycles. The lowest BCUT2D eigenvalue weighted by molar-refractivity contribution is 0.747. The lowest BCUT2D eigenvalue weighted by Gasteiger charge is -2.07. The highest BCUT2D eigenvalue weighted by atomic mass is 79.9. The van der Waals surface area contributed by atoms with Crippen molar-refractivity contribution in [3.63, 3.8) is 0 Å². The van der Waals surface area contributed by atoms with Crippen LogP contribution in [0, 0.1) is 0 Å². The van der Waals surface area contributed by atoms with Crippen molar-refractivity contribution >= 4 is 38.6 Å². The van der Waals surface area contributed by atoms with Gasteiger partial charge >= 0.3 is 0 Å². The van der Waals surface area contributed by atoms with E-state index in [0.717, 1.165) is 39.9 Å². The summed E-state index contributed by atoms with van der Waals surface area (Å²) < 4.78 is 5.07. The van der Waals surface area contributed by atoms with E-state index in [0.29, 0.717) is 5.88 Å². The minimum Gasteiger partial charge on any atom is -0.323 e. The molecule has 0 aliphatic rings. The quantitative estimate of drug-likeness (QED) is 0.674. The molecule has 20 heavy (non-hydrogen) atoms. The Hall–Kier alpha value is -1.33. The highest BCUT2D eigenvalue weighted by molar-refractivity contribution is 9.10. The van der Waals surface area contributed by atoms with Crippen LogP contribution in [0.2, 0.25) is 0 Å². The summed E-state index contributed by atoms with van der Waals surface area (Å²) in [6, 6.07) is 6.13. The molecule has 0 fully saturated rings. The molecule has 0 saturated heterocycles. The van der Waals surface area contributed by atoms with Crippen LogP contribution in [-0.2, 0) is 20.0 Å². The van der Waals surface area contributed by atoms with Gasteiger partial charge in [0.15, 0.2) is 0 Å². The van der Waals surface area contributed by atoms with Crippen molar-refractivity contribution in [1.29, 1.82) is 0 Å². The van der Waals surface area contributed by atoms with Crippen molar-refractivity contribution in [3.05, 3.63) is 46.5 Å². The normalized spacial score (nSPS) is 11.3. The van der Waals surface area contributed by atoms with Gasteiger partial charge in [-0.25, -0.2) is 4.98 Å². The van der Waals surface area contributed by atoms with Gasteiger partial charge in [-0.2, -0.15) is 5.10 Å². The monoisotopic (exact) mass is 352 g/mol. The second-order valence-corrected chi connectivity index (χ2v) is 6.00. The van der Waals surface area contributed by atoms with Gasteiger partial charge in [-0.05, 0) is 18.2 Å². The molecule has 0 aliphatic carbocycles. The van der Waals surface area contributed by atoms with E-state index in [1.54, 1.807) is 0 Å². The predicted molar refractivity (Wildman–Crippen MR) is 84.2 cm³/mol. The Morgan fingerprint density at radius 1 is 1.35 bits per heavy atom. The molecule has 0 unspecified atom stereocenters. The van der Waals surface area contributed by atoms with Crippen LogP contribution in [0.3, 0.4) is 0 Å². The molecule has 2 heterocycles. The van der Waals surface area contributed by atoms with Crippen LogP contribution in [0.4, 0.5) is 0 Å². The second-order valence-electron chi connectivity index (χ2n) is 4.71. The molecule has 2 aromatic heterocycles. The number of halogens is 2. The first-order valence-electron chi connectivity index (χ1n) is 6.35. The third kappa shape index (κ3) is 2.60. The topological polar surface area (TPSA) is 35.6 Å². The molecule has 104 valence electrons. The number of aryl methyl sites for hydroxylation is 2. The Balaban J connectivity index is 2.09. The summed E-state index contributed by atoms with van der Waals surface area (Å²) in [4.78, 5) is 4.68. The number of nitrogens with zero attached hydrogens (tertiary/aromatic N) is 4. The Labute approximate surface area is 130 Å². The van der Waals surface area contributed by atoms with E-state index in [1.807, 2.05) is 36.3 Å². The predicted octanol–water partition coefficient (Wildman–Crippen LogP) is 3.36. The number of aromatic nitrogens is 4. The number of alkyl halides is 1. The van der Waals surface area contributed by atoms with Crippen LogP contribution in [0.5, 0.6) is 0 Å². The summed E-state index contributed by atoms with van der Waals surface area (Å²) in [5.74, 6) is 1.58. The third-order valence-electron chi connectivity index (χ3n) is 3.21. The van der Waals surface area contributed by atoms with E-state index in [1.165, 1.54) is 0 Å². The van der Waals surface area contributed by atoms with Gasteiger partial charge in [0.2, 0.25) is 0 Å².